The number of para-hydroxylation sites is 1. The second-order valence-corrected chi connectivity index (χ2v) is 3.15. The summed E-state index contributed by atoms with van der Waals surface area (Å²) in [6.45, 7) is 0.675. The molecule has 0 fully saturated rings. The molecule has 0 aromatic heterocycles. The first-order valence-corrected chi connectivity index (χ1v) is 4.39. The van der Waals surface area contributed by atoms with Crippen LogP contribution in [0.3, 0.4) is 0 Å². The van der Waals surface area contributed by atoms with Crippen molar-refractivity contribution in [2.45, 2.75) is 19.2 Å². The molecule has 1 atom stereocenters. The molecule has 0 bridgehead atoms. The Hall–Kier alpha value is -1.86. The standard InChI is InChI=1S/C9H7F4NO3/c1-5(9(11,12)13)17-7-4-2-3-6(10)8(7)14(15)16/h2-5H,1H3. The van der Waals surface area contributed by atoms with Crippen molar-refractivity contribution in [1.82, 2.24) is 0 Å². The fraction of sp³-hybridized carbons (Fsp3) is 0.333. The number of hydrogen-bond acceptors (Lipinski definition) is 3. The molecule has 4 nitrogen and oxygen atoms in total. The Morgan fingerprint density at radius 1 is 1.41 bits per heavy atom. The smallest absolute Gasteiger partial charge is 0.425 e. The topological polar surface area (TPSA) is 52.4 Å². The summed E-state index contributed by atoms with van der Waals surface area (Å²) in [6, 6.07) is 2.70. The molecule has 1 aromatic rings. The SMILES string of the molecule is CC(Oc1cccc(F)c1[N+](=O)[O-])C(F)(F)F. The van der Waals surface area contributed by atoms with Crippen LogP contribution in [-0.4, -0.2) is 17.2 Å². The Bertz CT molecular complexity index is 433. The van der Waals surface area contributed by atoms with Crippen LogP contribution in [0.15, 0.2) is 18.2 Å². The van der Waals surface area contributed by atoms with E-state index in [4.69, 9.17) is 0 Å². The Labute approximate surface area is 93.0 Å². The van der Waals surface area contributed by atoms with Gasteiger partial charge in [0, 0.05) is 0 Å². The normalized spacial score (nSPS) is 13.2. The summed E-state index contributed by atoms with van der Waals surface area (Å²) >= 11 is 0. The number of alkyl halides is 3. The highest BCUT2D eigenvalue weighted by Gasteiger charge is 2.39. The molecular weight excluding hydrogens is 246 g/mol. The highest BCUT2D eigenvalue weighted by molar-refractivity contribution is 5.47. The van der Waals surface area contributed by atoms with Crippen LogP contribution in [0.5, 0.6) is 5.75 Å². The Kier molecular flexibility index (Phi) is 3.54. The molecule has 0 saturated heterocycles. The van der Waals surface area contributed by atoms with Gasteiger partial charge in [-0.05, 0) is 19.1 Å². The highest BCUT2D eigenvalue weighted by atomic mass is 19.4. The molecule has 1 unspecified atom stereocenters. The molecule has 8 heteroatoms. The summed E-state index contributed by atoms with van der Waals surface area (Å²) in [4.78, 5) is 9.35. The number of benzene rings is 1. The zero-order chi connectivity index (χ0) is 13.2. The molecule has 94 valence electrons. The minimum absolute atomic E-state index is 0.675. The predicted molar refractivity (Wildman–Crippen MR) is 49.2 cm³/mol. The summed E-state index contributed by atoms with van der Waals surface area (Å²) in [7, 11) is 0. The molecule has 0 aliphatic carbocycles. The van der Waals surface area contributed by atoms with Gasteiger partial charge in [-0.25, -0.2) is 0 Å². The largest absolute Gasteiger partial charge is 0.474 e. The lowest BCUT2D eigenvalue weighted by Crippen LogP contribution is -2.31. The Morgan fingerprint density at radius 3 is 2.47 bits per heavy atom. The number of halogens is 4. The van der Waals surface area contributed by atoms with Crippen LogP contribution in [-0.2, 0) is 0 Å². The van der Waals surface area contributed by atoms with E-state index in [1.54, 1.807) is 0 Å². The van der Waals surface area contributed by atoms with Gasteiger partial charge >= 0.3 is 11.9 Å². The van der Waals surface area contributed by atoms with Crippen LogP contribution >= 0.6 is 0 Å². The van der Waals surface area contributed by atoms with Crippen LogP contribution in [0.25, 0.3) is 0 Å². The van der Waals surface area contributed by atoms with Gasteiger partial charge in [0.15, 0.2) is 6.10 Å². The average molecular weight is 253 g/mol. The van der Waals surface area contributed by atoms with Crippen molar-refractivity contribution in [1.29, 1.82) is 0 Å². The van der Waals surface area contributed by atoms with E-state index in [9.17, 15) is 27.7 Å². The minimum atomic E-state index is -4.68. The molecule has 1 aromatic carbocycles. The number of nitro groups is 1. The van der Waals surface area contributed by atoms with Gasteiger partial charge in [-0.3, -0.25) is 10.1 Å². The van der Waals surface area contributed by atoms with E-state index < -0.39 is 34.5 Å². The number of hydrogen-bond donors (Lipinski definition) is 0. The monoisotopic (exact) mass is 253 g/mol. The zero-order valence-electron chi connectivity index (χ0n) is 8.49. The van der Waals surface area contributed by atoms with Crippen LogP contribution in [0, 0.1) is 15.9 Å². The lowest BCUT2D eigenvalue weighted by Gasteiger charge is -2.17. The van der Waals surface area contributed by atoms with E-state index in [0.717, 1.165) is 18.2 Å². The molecule has 0 spiro atoms. The summed E-state index contributed by atoms with van der Waals surface area (Å²) < 4.78 is 53.9. The van der Waals surface area contributed by atoms with Crippen molar-refractivity contribution in [3.63, 3.8) is 0 Å². The summed E-state index contributed by atoms with van der Waals surface area (Å²) in [5.41, 5.74) is -1.11. The summed E-state index contributed by atoms with van der Waals surface area (Å²) in [5.74, 6) is -2.00. The predicted octanol–water partition coefficient (Wildman–Crippen LogP) is 3.06. The summed E-state index contributed by atoms with van der Waals surface area (Å²) in [5, 5.41) is 10.5. The molecule has 0 amide bonds. The van der Waals surface area contributed by atoms with Crippen molar-refractivity contribution in [3.05, 3.63) is 34.1 Å². The van der Waals surface area contributed by atoms with Gasteiger partial charge in [0.1, 0.15) is 0 Å². The molecule has 0 saturated carbocycles. The molecule has 0 aliphatic rings. The molecule has 0 heterocycles. The van der Waals surface area contributed by atoms with Gasteiger partial charge < -0.3 is 4.74 Å². The van der Waals surface area contributed by atoms with E-state index in [1.807, 2.05) is 0 Å². The van der Waals surface area contributed by atoms with E-state index in [2.05, 4.69) is 4.74 Å². The van der Waals surface area contributed by atoms with Gasteiger partial charge in [-0.15, -0.1) is 0 Å². The molecule has 0 N–H and O–H groups in total. The van der Waals surface area contributed by atoms with Crippen molar-refractivity contribution >= 4 is 5.69 Å². The first-order valence-electron chi connectivity index (χ1n) is 4.39. The zero-order valence-corrected chi connectivity index (χ0v) is 8.49. The maximum Gasteiger partial charge on any atom is 0.425 e. The first-order chi connectivity index (χ1) is 7.73. The maximum atomic E-state index is 13.0. The van der Waals surface area contributed by atoms with Crippen LogP contribution < -0.4 is 4.74 Å². The van der Waals surface area contributed by atoms with Crippen LogP contribution in [0.1, 0.15) is 6.92 Å². The maximum absolute atomic E-state index is 13.0. The third-order valence-corrected chi connectivity index (χ3v) is 1.90. The van der Waals surface area contributed by atoms with E-state index in [-0.39, 0.29) is 0 Å². The quantitative estimate of drug-likeness (QED) is 0.472. The third-order valence-electron chi connectivity index (χ3n) is 1.90. The molecule has 17 heavy (non-hydrogen) atoms. The molecule has 0 aliphatic heterocycles. The number of nitro benzene ring substituents is 1. The van der Waals surface area contributed by atoms with Gasteiger partial charge in [0.2, 0.25) is 11.6 Å². The van der Waals surface area contributed by atoms with E-state index in [0.29, 0.717) is 6.92 Å². The fourth-order valence-electron chi connectivity index (χ4n) is 1.03. The highest BCUT2D eigenvalue weighted by Crippen LogP contribution is 2.33. The van der Waals surface area contributed by atoms with Gasteiger partial charge in [-0.1, -0.05) is 6.07 Å². The molecular formula is C9H7F4NO3. The Morgan fingerprint density at radius 2 is 2.00 bits per heavy atom. The number of ether oxygens (including phenoxy) is 1. The molecule has 0 radical (unpaired) electrons. The fourth-order valence-corrected chi connectivity index (χ4v) is 1.03. The number of rotatable bonds is 3. The second kappa shape index (κ2) is 4.56. The van der Waals surface area contributed by atoms with Gasteiger partial charge in [0.25, 0.3) is 0 Å². The van der Waals surface area contributed by atoms with Crippen molar-refractivity contribution in [2.75, 3.05) is 0 Å². The minimum Gasteiger partial charge on any atom is -0.474 e. The van der Waals surface area contributed by atoms with E-state index >= 15 is 0 Å². The third kappa shape index (κ3) is 3.05. The number of nitrogens with zero attached hydrogens (tertiary/aromatic N) is 1. The Balaban J connectivity index is 3.07. The van der Waals surface area contributed by atoms with Crippen LogP contribution in [0.4, 0.5) is 23.2 Å². The van der Waals surface area contributed by atoms with Gasteiger partial charge in [-0.2, -0.15) is 17.6 Å². The van der Waals surface area contributed by atoms with E-state index in [1.165, 1.54) is 0 Å². The lowest BCUT2D eigenvalue weighted by atomic mass is 10.2. The molecule has 1 rings (SSSR count). The summed E-state index contributed by atoms with van der Waals surface area (Å²) in [6.07, 6.45) is -6.94. The van der Waals surface area contributed by atoms with Crippen LogP contribution in [0.2, 0.25) is 0 Å². The average Bonchev–Trinajstić information content (AvgIpc) is 2.15. The second-order valence-electron chi connectivity index (χ2n) is 3.15. The van der Waals surface area contributed by atoms with Crippen molar-refractivity contribution in [3.8, 4) is 5.75 Å². The van der Waals surface area contributed by atoms with Crippen molar-refractivity contribution in [2.24, 2.45) is 0 Å². The first kappa shape index (κ1) is 13.2. The van der Waals surface area contributed by atoms with Gasteiger partial charge in [0.05, 0.1) is 4.92 Å². The lowest BCUT2D eigenvalue weighted by molar-refractivity contribution is -0.389. The van der Waals surface area contributed by atoms with Crippen molar-refractivity contribution < 1.29 is 27.2 Å².